The van der Waals surface area contributed by atoms with Gasteiger partial charge in [0.1, 0.15) is 5.82 Å². The molecule has 3 N–H and O–H groups in total. The minimum absolute atomic E-state index is 0. The summed E-state index contributed by atoms with van der Waals surface area (Å²) in [5, 5.41) is 11.6. The second kappa shape index (κ2) is 12.9. The van der Waals surface area contributed by atoms with Gasteiger partial charge in [-0.15, -0.1) is 35.3 Å². The van der Waals surface area contributed by atoms with Gasteiger partial charge in [0, 0.05) is 37.6 Å². The molecule has 164 valence electrons. The fourth-order valence-electron chi connectivity index (χ4n) is 3.40. The van der Waals surface area contributed by atoms with Crippen LogP contribution in [-0.4, -0.2) is 55.0 Å². The van der Waals surface area contributed by atoms with Gasteiger partial charge in [0.2, 0.25) is 5.91 Å². The molecule has 1 amide bonds. The predicted octanol–water partition coefficient (Wildman–Crippen LogP) is 3.40. The quantitative estimate of drug-likeness (QED) is 0.271. The lowest BCUT2D eigenvalue weighted by atomic mass is 10.2. The molecule has 2 aromatic heterocycles. The molecule has 0 aliphatic carbocycles. The number of likely N-dealkylation sites (tertiary alicyclic amines) is 1. The average molecular weight is 542 g/mol. The highest BCUT2D eigenvalue weighted by Gasteiger charge is 2.24. The molecule has 7 nitrogen and oxygen atoms in total. The molecule has 3 rings (SSSR count). The Labute approximate surface area is 199 Å². The topological polar surface area (TPSA) is 81.6 Å². The van der Waals surface area contributed by atoms with E-state index in [1.165, 1.54) is 17.7 Å². The standard InChI is InChI=1S/C21H30N6OS.HI/c1-16-7-8-19(24-14-16)26-20(28)9-10-23-21(22-2)25-15-17(18-6-5-13-29-18)27-11-3-4-12-27;/h5-8,13-14,17H,3-4,9-12,15H2,1-2H3,(H2,22,23,25)(H,24,26,28);1H. The Kier molecular flexibility index (Phi) is 10.5. The van der Waals surface area contributed by atoms with Gasteiger partial charge >= 0.3 is 0 Å². The molecule has 0 bridgehead atoms. The number of carbonyl (C=O) groups excluding carboxylic acids is 1. The van der Waals surface area contributed by atoms with Crippen molar-refractivity contribution in [3.05, 3.63) is 46.3 Å². The number of halogens is 1. The Balaban J connectivity index is 0.00000320. The van der Waals surface area contributed by atoms with Gasteiger partial charge in [0.05, 0.1) is 6.04 Å². The second-order valence-corrected chi connectivity index (χ2v) is 8.15. The minimum atomic E-state index is -0.0714. The van der Waals surface area contributed by atoms with Gasteiger partial charge in [-0.1, -0.05) is 12.1 Å². The van der Waals surface area contributed by atoms with Gasteiger partial charge < -0.3 is 16.0 Å². The third-order valence-corrected chi connectivity index (χ3v) is 5.94. The summed E-state index contributed by atoms with van der Waals surface area (Å²) in [4.78, 5) is 24.5. The number of aryl methyl sites for hydroxylation is 1. The van der Waals surface area contributed by atoms with Crippen LogP contribution in [0.25, 0.3) is 0 Å². The van der Waals surface area contributed by atoms with E-state index >= 15 is 0 Å². The van der Waals surface area contributed by atoms with E-state index < -0.39 is 0 Å². The van der Waals surface area contributed by atoms with Crippen molar-refractivity contribution in [2.45, 2.75) is 32.2 Å². The largest absolute Gasteiger partial charge is 0.356 e. The number of carbonyl (C=O) groups is 1. The van der Waals surface area contributed by atoms with Crippen LogP contribution in [0.2, 0.25) is 0 Å². The lowest BCUT2D eigenvalue weighted by Gasteiger charge is -2.27. The number of nitrogens with zero attached hydrogens (tertiary/aromatic N) is 3. The highest BCUT2D eigenvalue weighted by atomic mass is 127. The molecular formula is C21H31IN6OS. The van der Waals surface area contributed by atoms with Crippen LogP contribution in [-0.2, 0) is 4.79 Å². The van der Waals surface area contributed by atoms with Crippen molar-refractivity contribution in [3.63, 3.8) is 0 Å². The lowest BCUT2D eigenvalue weighted by molar-refractivity contribution is -0.116. The molecule has 30 heavy (non-hydrogen) atoms. The summed E-state index contributed by atoms with van der Waals surface area (Å²) >= 11 is 1.80. The van der Waals surface area contributed by atoms with E-state index in [9.17, 15) is 4.79 Å². The zero-order valence-electron chi connectivity index (χ0n) is 17.6. The molecule has 3 heterocycles. The van der Waals surface area contributed by atoms with Crippen molar-refractivity contribution < 1.29 is 4.79 Å². The van der Waals surface area contributed by atoms with Gasteiger partial charge in [-0.05, 0) is 55.9 Å². The van der Waals surface area contributed by atoms with Crippen molar-refractivity contribution >= 4 is 53.0 Å². The van der Waals surface area contributed by atoms with Crippen LogP contribution in [0.5, 0.6) is 0 Å². The predicted molar refractivity (Wildman–Crippen MR) is 135 cm³/mol. The van der Waals surface area contributed by atoms with Crippen LogP contribution in [0.4, 0.5) is 5.82 Å². The Hall–Kier alpha value is -1.72. The molecule has 1 saturated heterocycles. The first-order chi connectivity index (χ1) is 14.2. The molecule has 0 saturated carbocycles. The van der Waals surface area contributed by atoms with Crippen LogP contribution in [0.15, 0.2) is 40.8 Å². The fraction of sp³-hybridized carbons (Fsp3) is 0.476. The average Bonchev–Trinajstić information content (AvgIpc) is 3.43. The summed E-state index contributed by atoms with van der Waals surface area (Å²) in [5.41, 5.74) is 1.06. The van der Waals surface area contributed by atoms with Gasteiger partial charge in [0.25, 0.3) is 0 Å². The third kappa shape index (κ3) is 7.51. The molecule has 0 spiro atoms. The van der Waals surface area contributed by atoms with Crippen molar-refractivity contribution in [2.75, 3.05) is 38.5 Å². The highest BCUT2D eigenvalue weighted by molar-refractivity contribution is 14.0. The number of anilines is 1. The number of guanidine groups is 1. The molecule has 9 heteroatoms. The molecule has 1 unspecified atom stereocenters. The summed E-state index contributed by atoms with van der Waals surface area (Å²) in [6.45, 7) is 5.55. The number of thiophene rings is 1. The van der Waals surface area contributed by atoms with E-state index in [-0.39, 0.29) is 29.9 Å². The number of hydrogen-bond donors (Lipinski definition) is 3. The van der Waals surface area contributed by atoms with Crippen LogP contribution in [0.1, 0.15) is 35.7 Å². The van der Waals surface area contributed by atoms with Gasteiger partial charge in [-0.25, -0.2) is 4.98 Å². The van der Waals surface area contributed by atoms with Gasteiger partial charge in [-0.2, -0.15) is 0 Å². The van der Waals surface area contributed by atoms with E-state index in [0.717, 1.165) is 25.2 Å². The first-order valence-corrected chi connectivity index (χ1v) is 11.0. The maximum atomic E-state index is 12.1. The van der Waals surface area contributed by atoms with Crippen LogP contribution < -0.4 is 16.0 Å². The van der Waals surface area contributed by atoms with Crippen molar-refractivity contribution in [1.29, 1.82) is 0 Å². The molecule has 1 aliphatic heterocycles. The Bertz CT molecular complexity index is 790. The van der Waals surface area contributed by atoms with Gasteiger partial charge in [-0.3, -0.25) is 14.7 Å². The van der Waals surface area contributed by atoms with Crippen molar-refractivity contribution in [1.82, 2.24) is 20.5 Å². The Morgan fingerprint density at radius 1 is 1.27 bits per heavy atom. The van der Waals surface area contributed by atoms with Gasteiger partial charge in [0.15, 0.2) is 5.96 Å². The first kappa shape index (κ1) is 24.5. The second-order valence-electron chi connectivity index (χ2n) is 7.17. The summed E-state index contributed by atoms with van der Waals surface area (Å²) in [6.07, 6.45) is 4.61. The lowest BCUT2D eigenvalue weighted by Crippen LogP contribution is -2.43. The molecule has 1 atom stereocenters. The van der Waals surface area contributed by atoms with Crippen molar-refractivity contribution in [2.24, 2.45) is 4.99 Å². The van der Waals surface area contributed by atoms with E-state index in [1.807, 2.05) is 19.1 Å². The minimum Gasteiger partial charge on any atom is -0.356 e. The van der Waals surface area contributed by atoms with E-state index in [0.29, 0.717) is 30.8 Å². The zero-order valence-corrected chi connectivity index (χ0v) is 20.7. The summed E-state index contributed by atoms with van der Waals surface area (Å²) in [5.74, 6) is 1.22. The number of amides is 1. The molecular weight excluding hydrogens is 511 g/mol. The van der Waals surface area contributed by atoms with E-state index in [1.54, 1.807) is 24.6 Å². The smallest absolute Gasteiger partial charge is 0.227 e. The highest BCUT2D eigenvalue weighted by Crippen LogP contribution is 2.27. The number of hydrogen-bond acceptors (Lipinski definition) is 5. The molecule has 1 aliphatic rings. The fourth-order valence-corrected chi connectivity index (χ4v) is 4.26. The van der Waals surface area contributed by atoms with E-state index in [2.05, 4.69) is 48.3 Å². The molecule has 0 aromatic carbocycles. The number of nitrogens with one attached hydrogen (secondary N) is 3. The maximum absolute atomic E-state index is 12.1. The molecule has 1 fully saturated rings. The summed E-state index contributed by atoms with van der Waals surface area (Å²) in [7, 11) is 1.75. The van der Waals surface area contributed by atoms with Crippen molar-refractivity contribution in [3.8, 4) is 0 Å². The number of aliphatic imine (C=N–C) groups is 1. The van der Waals surface area contributed by atoms with Crippen LogP contribution in [0, 0.1) is 6.92 Å². The maximum Gasteiger partial charge on any atom is 0.227 e. The molecule has 2 aromatic rings. The Morgan fingerprint density at radius 3 is 2.70 bits per heavy atom. The van der Waals surface area contributed by atoms with Crippen LogP contribution in [0.3, 0.4) is 0 Å². The SMILES string of the molecule is CN=C(NCCC(=O)Nc1ccc(C)cn1)NCC(c1cccs1)N1CCCC1.I. The number of pyridine rings is 1. The Morgan fingerprint density at radius 2 is 2.07 bits per heavy atom. The first-order valence-electron chi connectivity index (χ1n) is 10.1. The number of aromatic nitrogens is 1. The zero-order chi connectivity index (χ0) is 20.5. The normalized spacial score (nSPS) is 15.3. The monoisotopic (exact) mass is 542 g/mol. The third-order valence-electron chi connectivity index (χ3n) is 4.96. The van der Waals surface area contributed by atoms with Crippen LogP contribution >= 0.6 is 35.3 Å². The van der Waals surface area contributed by atoms with E-state index in [4.69, 9.17) is 0 Å². The summed E-state index contributed by atoms with van der Waals surface area (Å²) < 4.78 is 0. The summed E-state index contributed by atoms with van der Waals surface area (Å²) in [6, 6.07) is 8.40. The molecule has 0 radical (unpaired) electrons. The number of rotatable bonds is 8.